The number of aryl methyl sites for hydroxylation is 1. The summed E-state index contributed by atoms with van der Waals surface area (Å²) in [6.07, 6.45) is 6.21. The van der Waals surface area contributed by atoms with E-state index in [-0.39, 0.29) is 6.15 Å². The van der Waals surface area contributed by atoms with Crippen molar-refractivity contribution in [2.45, 2.75) is 37.5 Å². The lowest BCUT2D eigenvalue weighted by molar-refractivity contribution is -0.191. The van der Waals surface area contributed by atoms with Gasteiger partial charge in [0.15, 0.2) is 0 Å². The molecule has 3 aromatic rings. The number of halogens is 1. The molecule has 0 spiro atoms. The van der Waals surface area contributed by atoms with Gasteiger partial charge >= 0.3 is 6.15 Å². The monoisotopic (exact) mass is 561 g/mol. The predicted octanol–water partition coefficient (Wildman–Crippen LogP) is 5.45. The number of hydrogen-bond donors (Lipinski definition) is 4. The van der Waals surface area contributed by atoms with E-state index in [1.54, 1.807) is 18.1 Å². The molecular formula is C25H32BrN5O3S. The number of nitrogens with one attached hydrogen (secondary N) is 3. The fourth-order valence-electron chi connectivity index (χ4n) is 2.67. The van der Waals surface area contributed by atoms with Crippen molar-refractivity contribution in [3.8, 4) is 0 Å². The number of aliphatic hydroxyl groups is 1. The maximum Gasteiger partial charge on any atom is 0.373 e. The molecule has 10 heteroatoms. The summed E-state index contributed by atoms with van der Waals surface area (Å²) in [5, 5.41) is 14.3. The van der Waals surface area contributed by atoms with Crippen molar-refractivity contribution in [3.05, 3.63) is 70.8 Å². The molecule has 2 aromatic carbocycles. The fraction of sp³-hybridized carbons (Fsp3) is 0.320. The molecule has 188 valence electrons. The molecule has 0 saturated heterocycles. The third-order valence-electron chi connectivity index (χ3n) is 4.36. The van der Waals surface area contributed by atoms with Gasteiger partial charge in [-0.15, -0.1) is 0 Å². The van der Waals surface area contributed by atoms with E-state index >= 15 is 0 Å². The van der Waals surface area contributed by atoms with Gasteiger partial charge in [0, 0.05) is 37.0 Å². The molecule has 0 aliphatic carbocycles. The molecule has 0 saturated carbocycles. The minimum Gasteiger partial charge on any atom is -0.396 e. The predicted molar refractivity (Wildman–Crippen MR) is 145 cm³/mol. The van der Waals surface area contributed by atoms with Gasteiger partial charge in [-0.25, -0.2) is 4.98 Å². The second-order valence-corrected chi connectivity index (χ2v) is 8.86. The number of benzene rings is 2. The SMILES string of the molecule is CCCCO.CNc1nc(Nc2cccc(SNCCCc3ccccc3)c2)ncc1Br.O=C=O. The van der Waals surface area contributed by atoms with E-state index in [2.05, 4.69) is 90.6 Å². The van der Waals surface area contributed by atoms with E-state index < -0.39 is 0 Å². The average molecular weight is 563 g/mol. The molecule has 1 heterocycles. The second-order valence-electron chi connectivity index (χ2n) is 7.04. The topological polar surface area (TPSA) is 116 Å². The Morgan fingerprint density at radius 2 is 1.83 bits per heavy atom. The van der Waals surface area contributed by atoms with Crippen LogP contribution in [0.15, 0.2) is 70.2 Å². The Morgan fingerprint density at radius 1 is 1.09 bits per heavy atom. The second kappa shape index (κ2) is 19.5. The summed E-state index contributed by atoms with van der Waals surface area (Å²) in [4.78, 5) is 26.1. The molecule has 3 rings (SSSR count). The first kappa shape index (κ1) is 30.3. The first-order valence-electron chi connectivity index (χ1n) is 11.2. The first-order valence-corrected chi connectivity index (χ1v) is 12.8. The zero-order chi connectivity index (χ0) is 25.7. The third-order valence-corrected chi connectivity index (χ3v) is 5.78. The van der Waals surface area contributed by atoms with Gasteiger partial charge in [-0.05, 0) is 70.9 Å². The molecule has 0 radical (unpaired) electrons. The summed E-state index contributed by atoms with van der Waals surface area (Å²) < 4.78 is 4.26. The van der Waals surface area contributed by atoms with Crippen LogP contribution < -0.4 is 15.4 Å². The van der Waals surface area contributed by atoms with Crippen LogP contribution in [0.4, 0.5) is 17.5 Å². The number of anilines is 3. The van der Waals surface area contributed by atoms with E-state index in [4.69, 9.17) is 14.7 Å². The number of rotatable bonds is 11. The van der Waals surface area contributed by atoms with Crippen LogP contribution in [-0.2, 0) is 16.0 Å². The highest BCUT2D eigenvalue weighted by atomic mass is 79.9. The third kappa shape index (κ3) is 13.7. The molecule has 0 atom stereocenters. The number of aliphatic hydroxyl groups excluding tert-OH is 1. The highest BCUT2D eigenvalue weighted by molar-refractivity contribution is 9.10. The van der Waals surface area contributed by atoms with Gasteiger partial charge in [0.05, 0.1) is 4.47 Å². The van der Waals surface area contributed by atoms with E-state index in [0.29, 0.717) is 12.6 Å². The molecule has 4 N–H and O–H groups in total. The van der Waals surface area contributed by atoms with Gasteiger partial charge in [-0.3, -0.25) is 4.72 Å². The van der Waals surface area contributed by atoms with Crippen LogP contribution in [0.3, 0.4) is 0 Å². The van der Waals surface area contributed by atoms with E-state index in [1.807, 2.05) is 19.2 Å². The van der Waals surface area contributed by atoms with Gasteiger partial charge in [0.25, 0.3) is 0 Å². The summed E-state index contributed by atoms with van der Waals surface area (Å²) in [7, 11) is 1.83. The minimum atomic E-state index is 0.250. The van der Waals surface area contributed by atoms with Gasteiger partial charge in [-0.2, -0.15) is 14.6 Å². The fourth-order valence-corrected chi connectivity index (χ4v) is 3.81. The maximum atomic E-state index is 8.12. The standard InChI is InChI=1S/C20H22BrN5S.C4H10O.CO2/c1-22-19-18(21)14-23-20(26-19)25-16-10-5-11-17(13-16)27-24-12-6-9-15-7-3-2-4-8-15;1-2-3-4-5;2-1-3/h2-5,7-8,10-11,13-14,24H,6,9,12H2,1H3,(H2,22,23,25,26);5H,2-4H2,1H3;. The lowest BCUT2D eigenvalue weighted by Crippen LogP contribution is -2.06. The smallest absolute Gasteiger partial charge is 0.373 e. The average Bonchev–Trinajstić information content (AvgIpc) is 2.87. The molecule has 0 aliphatic rings. The van der Waals surface area contributed by atoms with Crippen molar-refractivity contribution in [3.63, 3.8) is 0 Å². The Hall–Kier alpha value is -2.75. The van der Waals surface area contributed by atoms with Crippen molar-refractivity contribution in [1.82, 2.24) is 14.7 Å². The highest BCUT2D eigenvalue weighted by Crippen LogP contribution is 2.24. The van der Waals surface area contributed by atoms with Crippen molar-refractivity contribution in [2.75, 3.05) is 30.8 Å². The quantitative estimate of drug-likeness (QED) is 0.179. The molecule has 0 amide bonds. The molecule has 0 aliphatic heterocycles. The van der Waals surface area contributed by atoms with Crippen molar-refractivity contribution < 1.29 is 14.7 Å². The summed E-state index contributed by atoms with van der Waals surface area (Å²) in [6, 6.07) is 18.8. The molecule has 0 bridgehead atoms. The first-order chi connectivity index (χ1) is 17.1. The van der Waals surface area contributed by atoms with Crippen LogP contribution in [-0.4, -0.2) is 41.4 Å². The van der Waals surface area contributed by atoms with Gasteiger partial charge in [-0.1, -0.05) is 49.7 Å². The Kier molecular flexibility index (Phi) is 16.9. The molecule has 8 nitrogen and oxygen atoms in total. The molecule has 1 aromatic heterocycles. The molecule has 0 fully saturated rings. The minimum absolute atomic E-state index is 0.250. The van der Waals surface area contributed by atoms with Crippen LogP contribution in [0.25, 0.3) is 0 Å². The Morgan fingerprint density at radius 3 is 2.46 bits per heavy atom. The largest absolute Gasteiger partial charge is 0.396 e. The van der Waals surface area contributed by atoms with E-state index in [0.717, 1.165) is 53.1 Å². The van der Waals surface area contributed by atoms with Gasteiger partial charge in [0.1, 0.15) is 5.82 Å². The van der Waals surface area contributed by atoms with Crippen LogP contribution in [0.2, 0.25) is 0 Å². The van der Waals surface area contributed by atoms with Gasteiger partial charge in [0.2, 0.25) is 5.95 Å². The Balaban J connectivity index is 0.000000669. The van der Waals surface area contributed by atoms with Crippen molar-refractivity contribution in [1.29, 1.82) is 0 Å². The summed E-state index contributed by atoms with van der Waals surface area (Å²) in [6.45, 7) is 3.35. The zero-order valence-corrected chi connectivity index (χ0v) is 22.4. The van der Waals surface area contributed by atoms with Crippen LogP contribution in [0, 0.1) is 0 Å². The Bertz CT molecular complexity index is 1000. The number of carbonyl (C=O) groups excluding carboxylic acids is 2. The Labute approximate surface area is 219 Å². The summed E-state index contributed by atoms with van der Waals surface area (Å²) in [5.74, 6) is 1.30. The maximum absolute atomic E-state index is 8.12. The molecule has 35 heavy (non-hydrogen) atoms. The lowest BCUT2D eigenvalue weighted by atomic mass is 10.1. The van der Waals surface area contributed by atoms with Crippen LogP contribution in [0.1, 0.15) is 31.7 Å². The van der Waals surface area contributed by atoms with E-state index in [1.165, 1.54) is 5.56 Å². The highest BCUT2D eigenvalue weighted by Gasteiger charge is 2.04. The van der Waals surface area contributed by atoms with Crippen molar-refractivity contribution in [2.24, 2.45) is 0 Å². The normalized spacial score (nSPS) is 9.60. The summed E-state index contributed by atoms with van der Waals surface area (Å²) >= 11 is 5.06. The lowest BCUT2D eigenvalue weighted by Gasteiger charge is -2.09. The van der Waals surface area contributed by atoms with E-state index in [9.17, 15) is 0 Å². The summed E-state index contributed by atoms with van der Waals surface area (Å²) in [5.41, 5.74) is 2.33. The van der Waals surface area contributed by atoms with Gasteiger partial charge < -0.3 is 15.7 Å². The number of unbranched alkanes of at least 4 members (excludes halogenated alkanes) is 1. The van der Waals surface area contributed by atoms with Crippen molar-refractivity contribution >= 4 is 51.5 Å². The molecular weight excluding hydrogens is 530 g/mol. The zero-order valence-electron chi connectivity index (χ0n) is 20.0. The molecule has 0 unspecified atom stereocenters. The number of nitrogens with zero attached hydrogens (tertiary/aromatic N) is 2. The van der Waals surface area contributed by atoms with Crippen LogP contribution >= 0.6 is 27.9 Å². The number of hydrogen-bond acceptors (Lipinski definition) is 9. The van der Waals surface area contributed by atoms with Crippen LogP contribution in [0.5, 0.6) is 0 Å². The number of aromatic nitrogens is 2.